The van der Waals surface area contributed by atoms with E-state index < -0.39 is 0 Å². The molecular weight excluding hydrogens is 320 g/mol. The Kier molecular flexibility index (Phi) is 8.56. The number of ether oxygens (including phenoxy) is 1. The van der Waals surface area contributed by atoms with Crippen LogP contribution in [0.1, 0.15) is 24.6 Å². The van der Waals surface area contributed by atoms with E-state index in [1.165, 1.54) is 24.3 Å². The number of aliphatic imine (C=N–C) groups is 1. The standard InChI is InChI=1S/C18H32N4OS/c1-4-19-18(21(2)11-9-17-8-6-14-24-17)20-15-16-7-5-10-22(16)12-13-23-3/h6,8,14,16H,4-5,7,9-13,15H2,1-3H3,(H,19,20). The van der Waals surface area contributed by atoms with Crippen LogP contribution < -0.4 is 5.32 Å². The van der Waals surface area contributed by atoms with Gasteiger partial charge in [-0.1, -0.05) is 6.07 Å². The van der Waals surface area contributed by atoms with Gasteiger partial charge in [0.15, 0.2) is 5.96 Å². The van der Waals surface area contributed by atoms with Crippen molar-refractivity contribution in [1.82, 2.24) is 15.1 Å². The number of methoxy groups -OCH3 is 1. The smallest absolute Gasteiger partial charge is 0.193 e. The first-order valence-corrected chi connectivity index (χ1v) is 9.87. The molecule has 2 heterocycles. The zero-order chi connectivity index (χ0) is 17.2. The quantitative estimate of drug-likeness (QED) is 0.547. The second-order valence-corrected chi connectivity index (χ2v) is 7.30. The van der Waals surface area contributed by atoms with Crippen molar-refractivity contribution in [2.75, 3.05) is 53.5 Å². The van der Waals surface area contributed by atoms with Crippen molar-refractivity contribution in [2.45, 2.75) is 32.2 Å². The summed E-state index contributed by atoms with van der Waals surface area (Å²) < 4.78 is 5.22. The van der Waals surface area contributed by atoms with Crippen LogP contribution in [0, 0.1) is 0 Å². The van der Waals surface area contributed by atoms with Crippen LogP contribution in [0.25, 0.3) is 0 Å². The van der Waals surface area contributed by atoms with Crippen molar-refractivity contribution in [3.05, 3.63) is 22.4 Å². The molecular formula is C18H32N4OS. The number of thiophene rings is 1. The maximum absolute atomic E-state index is 5.22. The molecule has 24 heavy (non-hydrogen) atoms. The molecule has 5 nitrogen and oxygen atoms in total. The number of likely N-dealkylation sites (N-methyl/N-ethyl adjacent to an activating group) is 1. The maximum atomic E-state index is 5.22. The lowest BCUT2D eigenvalue weighted by Crippen LogP contribution is -2.41. The van der Waals surface area contributed by atoms with Gasteiger partial charge in [-0.2, -0.15) is 0 Å². The van der Waals surface area contributed by atoms with E-state index in [0.717, 1.165) is 45.2 Å². The summed E-state index contributed by atoms with van der Waals surface area (Å²) >= 11 is 1.83. The molecule has 0 aliphatic carbocycles. The third-order valence-electron chi connectivity index (χ3n) is 4.50. The van der Waals surface area contributed by atoms with Crippen LogP contribution >= 0.6 is 11.3 Å². The molecule has 1 aliphatic rings. The predicted molar refractivity (Wildman–Crippen MR) is 103 cm³/mol. The third-order valence-corrected chi connectivity index (χ3v) is 5.44. The minimum absolute atomic E-state index is 0.555. The Balaban J connectivity index is 1.86. The second-order valence-electron chi connectivity index (χ2n) is 6.27. The number of guanidine groups is 1. The van der Waals surface area contributed by atoms with Crippen LogP contribution in [0.5, 0.6) is 0 Å². The van der Waals surface area contributed by atoms with Crippen molar-refractivity contribution in [1.29, 1.82) is 0 Å². The predicted octanol–water partition coefficient (Wildman–Crippen LogP) is 2.30. The summed E-state index contributed by atoms with van der Waals surface area (Å²) in [5.74, 6) is 1.02. The molecule has 1 aliphatic heterocycles. The van der Waals surface area contributed by atoms with Gasteiger partial charge in [-0.05, 0) is 44.2 Å². The SMILES string of the molecule is CCNC(=NCC1CCCN1CCOC)N(C)CCc1cccs1. The molecule has 6 heteroatoms. The average Bonchev–Trinajstić information content (AvgIpc) is 3.26. The molecule has 2 rings (SSSR count). The Bertz CT molecular complexity index is 477. The fraction of sp³-hybridized carbons (Fsp3) is 0.722. The number of nitrogens with one attached hydrogen (secondary N) is 1. The monoisotopic (exact) mass is 352 g/mol. The highest BCUT2D eigenvalue weighted by molar-refractivity contribution is 7.09. The van der Waals surface area contributed by atoms with E-state index in [0.29, 0.717) is 6.04 Å². The number of nitrogens with zero attached hydrogens (tertiary/aromatic N) is 3. The lowest BCUT2D eigenvalue weighted by Gasteiger charge is -2.25. The number of hydrogen-bond donors (Lipinski definition) is 1. The van der Waals surface area contributed by atoms with Crippen LogP contribution in [-0.4, -0.2) is 75.3 Å². The Labute approximate surface area is 150 Å². The molecule has 0 bridgehead atoms. The highest BCUT2D eigenvalue weighted by Crippen LogP contribution is 2.17. The van der Waals surface area contributed by atoms with E-state index >= 15 is 0 Å². The topological polar surface area (TPSA) is 40.1 Å². The number of hydrogen-bond acceptors (Lipinski definition) is 4. The minimum Gasteiger partial charge on any atom is -0.383 e. The lowest BCUT2D eigenvalue weighted by atomic mass is 10.2. The maximum Gasteiger partial charge on any atom is 0.193 e. The zero-order valence-electron chi connectivity index (χ0n) is 15.3. The molecule has 1 aromatic rings. The van der Waals surface area contributed by atoms with Gasteiger partial charge in [0.2, 0.25) is 0 Å². The van der Waals surface area contributed by atoms with Crippen LogP contribution in [0.2, 0.25) is 0 Å². The molecule has 1 fully saturated rings. The fourth-order valence-electron chi connectivity index (χ4n) is 3.10. The number of rotatable bonds is 9. The van der Waals surface area contributed by atoms with Crippen LogP contribution in [-0.2, 0) is 11.2 Å². The largest absolute Gasteiger partial charge is 0.383 e. The van der Waals surface area contributed by atoms with Gasteiger partial charge in [0, 0.05) is 44.7 Å². The van der Waals surface area contributed by atoms with E-state index in [4.69, 9.17) is 9.73 Å². The van der Waals surface area contributed by atoms with E-state index in [1.54, 1.807) is 7.11 Å². The molecule has 1 atom stereocenters. The molecule has 1 saturated heterocycles. The molecule has 1 aromatic heterocycles. The van der Waals surface area contributed by atoms with Gasteiger partial charge in [0.05, 0.1) is 13.2 Å². The molecule has 1 N–H and O–H groups in total. The van der Waals surface area contributed by atoms with E-state index in [2.05, 4.69) is 46.6 Å². The molecule has 1 unspecified atom stereocenters. The molecule has 0 amide bonds. The molecule has 0 spiro atoms. The summed E-state index contributed by atoms with van der Waals surface area (Å²) in [7, 11) is 3.90. The summed E-state index contributed by atoms with van der Waals surface area (Å²) in [5, 5.41) is 5.57. The normalized spacial score (nSPS) is 19.0. The van der Waals surface area contributed by atoms with E-state index in [-0.39, 0.29) is 0 Å². The summed E-state index contributed by atoms with van der Waals surface area (Å²) in [6.45, 7) is 7.89. The summed E-state index contributed by atoms with van der Waals surface area (Å²) in [4.78, 5) is 11.1. The average molecular weight is 353 g/mol. The van der Waals surface area contributed by atoms with E-state index in [9.17, 15) is 0 Å². The highest BCUT2D eigenvalue weighted by Gasteiger charge is 2.23. The Morgan fingerprint density at radius 2 is 2.42 bits per heavy atom. The van der Waals surface area contributed by atoms with E-state index in [1.807, 2.05) is 11.3 Å². The minimum atomic E-state index is 0.555. The van der Waals surface area contributed by atoms with Crippen LogP contribution in [0.3, 0.4) is 0 Å². The first kappa shape index (κ1) is 19.2. The van der Waals surface area contributed by atoms with Crippen molar-refractivity contribution in [3.63, 3.8) is 0 Å². The lowest BCUT2D eigenvalue weighted by molar-refractivity contribution is 0.142. The first-order valence-electron chi connectivity index (χ1n) is 8.99. The summed E-state index contributed by atoms with van der Waals surface area (Å²) in [5.41, 5.74) is 0. The van der Waals surface area contributed by atoms with Gasteiger partial charge >= 0.3 is 0 Å². The molecule has 136 valence electrons. The Morgan fingerprint density at radius 3 is 3.12 bits per heavy atom. The van der Waals surface area contributed by atoms with Gasteiger partial charge in [-0.3, -0.25) is 9.89 Å². The van der Waals surface area contributed by atoms with Crippen molar-refractivity contribution in [2.24, 2.45) is 4.99 Å². The fourth-order valence-corrected chi connectivity index (χ4v) is 3.80. The second kappa shape index (κ2) is 10.7. The van der Waals surface area contributed by atoms with Crippen molar-refractivity contribution >= 4 is 17.3 Å². The van der Waals surface area contributed by atoms with Gasteiger partial charge in [-0.25, -0.2) is 0 Å². The molecule has 0 radical (unpaired) electrons. The number of likely N-dealkylation sites (tertiary alicyclic amines) is 1. The Hall–Kier alpha value is -1.11. The zero-order valence-corrected chi connectivity index (χ0v) is 16.1. The molecule has 0 saturated carbocycles. The van der Waals surface area contributed by atoms with Gasteiger partial charge < -0.3 is 15.0 Å². The Morgan fingerprint density at radius 1 is 1.54 bits per heavy atom. The highest BCUT2D eigenvalue weighted by atomic mass is 32.1. The van der Waals surface area contributed by atoms with Crippen LogP contribution in [0.4, 0.5) is 0 Å². The van der Waals surface area contributed by atoms with Gasteiger partial charge in [-0.15, -0.1) is 11.3 Å². The third kappa shape index (κ3) is 6.07. The summed E-state index contributed by atoms with van der Waals surface area (Å²) in [6, 6.07) is 4.88. The van der Waals surface area contributed by atoms with Crippen LogP contribution in [0.15, 0.2) is 22.5 Å². The molecule has 0 aromatic carbocycles. The van der Waals surface area contributed by atoms with Gasteiger partial charge in [0.1, 0.15) is 0 Å². The van der Waals surface area contributed by atoms with Gasteiger partial charge in [0.25, 0.3) is 0 Å². The summed E-state index contributed by atoms with van der Waals surface area (Å²) in [6.07, 6.45) is 3.59. The first-order chi connectivity index (χ1) is 11.7. The van der Waals surface area contributed by atoms with Crippen molar-refractivity contribution in [3.8, 4) is 0 Å². The van der Waals surface area contributed by atoms with Crippen molar-refractivity contribution < 1.29 is 4.74 Å².